The van der Waals surface area contributed by atoms with Crippen molar-refractivity contribution in [2.45, 2.75) is 12.3 Å². The molecular weight excluding hydrogens is 580 g/mol. The first-order valence-corrected chi connectivity index (χ1v) is 11.5. The molecule has 0 rings (SSSR count). The van der Waals surface area contributed by atoms with E-state index >= 15 is 0 Å². The summed E-state index contributed by atoms with van der Waals surface area (Å²) in [6, 6.07) is 0. The molecule has 0 aromatic heterocycles. The lowest BCUT2D eigenvalue weighted by molar-refractivity contribution is -0.150. The second-order valence-electron chi connectivity index (χ2n) is 8.38. The first kappa shape index (κ1) is 37.2. The zero-order valence-electron chi connectivity index (χ0n) is 21.8. The smallest absolute Gasteiger partial charge is 0.345 e. The van der Waals surface area contributed by atoms with Crippen molar-refractivity contribution in [3.63, 3.8) is 0 Å². The fraction of sp³-hybridized carbons (Fsp3) is 0.600. The fourth-order valence-corrected chi connectivity index (χ4v) is 3.34. The predicted octanol–water partition coefficient (Wildman–Crippen LogP) is -4.02. The van der Waals surface area contributed by atoms with Gasteiger partial charge in [-0.3, -0.25) is 48.4 Å². The molecule has 0 radical (unpaired) electrons. The first-order chi connectivity index (χ1) is 19.4. The summed E-state index contributed by atoms with van der Waals surface area (Å²) in [5, 5.41) is 80.2. The van der Waals surface area contributed by atoms with Gasteiger partial charge in [0.2, 0.25) is 12.3 Å². The number of nitrogens with zero attached hydrogens (tertiary/aromatic N) is 6. The highest BCUT2D eigenvalue weighted by molar-refractivity contribution is 5.77. The van der Waals surface area contributed by atoms with E-state index in [0.717, 1.165) is 9.80 Å². The molecule has 0 aromatic carbocycles. The molecule has 0 saturated heterocycles. The standard InChI is InChI=1S/C20H30N6O16/c27-11(28)5-23(6-12(29)30)1-3-25(9-15(35)36)17(19(39)40)21-22-18(20(41)42)26(10-16(37)38)4-2-24(7-13(31)32)8-14(33)34/h17-18H,1-10H2,(H,27,28)(H,29,30)(H,31,32)(H,33,34)(H,35,36)(H,37,38)(H,39,40)(H,41,42)/b22-21+. The summed E-state index contributed by atoms with van der Waals surface area (Å²) in [6.45, 7) is -7.51. The van der Waals surface area contributed by atoms with Crippen LogP contribution in [0, 0.1) is 0 Å². The minimum atomic E-state index is -2.22. The Bertz CT molecular complexity index is 940. The predicted molar refractivity (Wildman–Crippen MR) is 130 cm³/mol. The normalized spacial score (nSPS) is 13.0. The van der Waals surface area contributed by atoms with E-state index in [9.17, 15) is 58.8 Å². The maximum atomic E-state index is 11.9. The average Bonchev–Trinajstić information content (AvgIpc) is 2.79. The molecule has 0 aliphatic rings. The Kier molecular flexibility index (Phi) is 16.4. The van der Waals surface area contributed by atoms with Gasteiger partial charge in [-0.15, -0.1) is 0 Å². The topological polar surface area (TPSA) is 336 Å². The molecule has 0 spiro atoms. The van der Waals surface area contributed by atoms with E-state index in [1.54, 1.807) is 0 Å². The van der Waals surface area contributed by atoms with E-state index in [-0.39, 0.29) is 0 Å². The Hall–Kier alpha value is -4.80. The van der Waals surface area contributed by atoms with Crippen LogP contribution in [0.5, 0.6) is 0 Å². The molecule has 22 nitrogen and oxygen atoms in total. The van der Waals surface area contributed by atoms with E-state index in [1.165, 1.54) is 0 Å². The van der Waals surface area contributed by atoms with Gasteiger partial charge >= 0.3 is 47.8 Å². The Morgan fingerprint density at radius 2 is 0.643 bits per heavy atom. The van der Waals surface area contributed by atoms with Crippen molar-refractivity contribution in [1.82, 2.24) is 19.6 Å². The van der Waals surface area contributed by atoms with Crippen LogP contribution in [0.15, 0.2) is 10.2 Å². The van der Waals surface area contributed by atoms with Crippen LogP contribution in [0.4, 0.5) is 0 Å². The minimum absolute atomic E-state index is 0.484. The van der Waals surface area contributed by atoms with Crippen LogP contribution < -0.4 is 0 Å². The van der Waals surface area contributed by atoms with Crippen LogP contribution >= 0.6 is 0 Å². The molecule has 0 aliphatic carbocycles. The van der Waals surface area contributed by atoms with Crippen LogP contribution in [0.1, 0.15) is 0 Å². The Morgan fingerprint density at radius 3 is 0.833 bits per heavy atom. The third-order valence-corrected chi connectivity index (χ3v) is 4.94. The molecule has 0 bridgehead atoms. The van der Waals surface area contributed by atoms with E-state index < -0.39 is 126 Å². The van der Waals surface area contributed by atoms with Gasteiger partial charge in [0.25, 0.3) is 0 Å². The van der Waals surface area contributed by atoms with Gasteiger partial charge < -0.3 is 40.9 Å². The van der Waals surface area contributed by atoms with Gasteiger partial charge in [0.05, 0.1) is 39.3 Å². The molecule has 0 aromatic rings. The van der Waals surface area contributed by atoms with Gasteiger partial charge in [-0.1, -0.05) is 0 Å². The summed E-state index contributed by atoms with van der Waals surface area (Å²) >= 11 is 0. The summed E-state index contributed by atoms with van der Waals surface area (Å²) in [5.74, 6) is -12.7. The number of aliphatic carboxylic acids is 8. The van der Waals surface area contributed by atoms with Gasteiger partial charge in [-0.05, 0) is 0 Å². The molecule has 22 heteroatoms. The SMILES string of the molecule is O=C(O)CN(CCN(CC(=O)O)C(/N=N/C(C(=O)O)N(CCN(CC(=O)O)CC(=O)O)CC(=O)O)C(=O)O)CC(=O)O. The molecular formula is C20H30N6O16. The zero-order valence-corrected chi connectivity index (χ0v) is 21.8. The lowest BCUT2D eigenvalue weighted by atomic mass is 10.3. The average molecular weight is 610 g/mol. The third kappa shape index (κ3) is 16.3. The summed E-state index contributed by atoms with van der Waals surface area (Å²) in [5.41, 5.74) is 0. The van der Waals surface area contributed by atoms with Crippen LogP contribution in [0.2, 0.25) is 0 Å². The van der Waals surface area contributed by atoms with Gasteiger partial charge in [0.15, 0.2) is 0 Å². The van der Waals surface area contributed by atoms with E-state index in [0.29, 0.717) is 9.80 Å². The second-order valence-corrected chi connectivity index (χ2v) is 8.38. The van der Waals surface area contributed by atoms with Crippen LogP contribution in [0.25, 0.3) is 0 Å². The van der Waals surface area contributed by atoms with Gasteiger partial charge in [0.1, 0.15) is 0 Å². The summed E-state index contributed by atoms with van der Waals surface area (Å²) in [4.78, 5) is 93.4. The number of carboxylic acids is 8. The summed E-state index contributed by atoms with van der Waals surface area (Å²) in [6.07, 6.45) is -4.44. The van der Waals surface area contributed by atoms with Crippen molar-refractivity contribution in [2.75, 3.05) is 65.4 Å². The maximum Gasteiger partial charge on any atom is 0.345 e. The van der Waals surface area contributed by atoms with Crippen molar-refractivity contribution in [3.05, 3.63) is 0 Å². The maximum absolute atomic E-state index is 11.9. The molecule has 0 aliphatic heterocycles. The van der Waals surface area contributed by atoms with Crippen LogP contribution in [-0.2, 0) is 38.4 Å². The van der Waals surface area contributed by atoms with E-state index in [2.05, 4.69) is 10.2 Å². The fourth-order valence-electron chi connectivity index (χ4n) is 3.34. The van der Waals surface area contributed by atoms with E-state index in [1.807, 2.05) is 0 Å². The summed E-state index contributed by atoms with van der Waals surface area (Å²) in [7, 11) is 0. The van der Waals surface area contributed by atoms with Crippen molar-refractivity contribution in [3.8, 4) is 0 Å². The molecule has 0 fully saturated rings. The van der Waals surface area contributed by atoms with Crippen molar-refractivity contribution >= 4 is 47.8 Å². The molecule has 2 atom stereocenters. The lowest BCUT2D eigenvalue weighted by Crippen LogP contribution is -2.49. The Labute approximate surface area is 235 Å². The van der Waals surface area contributed by atoms with Crippen molar-refractivity contribution < 1.29 is 79.2 Å². The van der Waals surface area contributed by atoms with Gasteiger partial charge in [-0.25, -0.2) is 9.59 Å². The van der Waals surface area contributed by atoms with Crippen LogP contribution in [-0.4, -0.2) is 186 Å². The lowest BCUT2D eigenvalue weighted by Gasteiger charge is -2.28. The highest BCUT2D eigenvalue weighted by atomic mass is 16.4. The largest absolute Gasteiger partial charge is 0.480 e. The number of azo groups is 1. The minimum Gasteiger partial charge on any atom is -0.480 e. The second kappa shape index (κ2) is 18.5. The van der Waals surface area contributed by atoms with E-state index in [4.69, 9.17) is 20.4 Å². The monoisotopic (exact) mass is 610 g/mol. The first-order valence-electron chi connectivity index (χ1n) is 11.5. The molecule has 8 N–H and O–H groups in total. The molecule has 236 valence electrons. The third-order valence-electron chi connectivity index (χ3n) is 4.94. The van der Waals surface area contributed by atoms with Gasteiger partial charge in [-0.2, -0.15) is 10.2 Å². The molecule has 42 heavy (non-hydrogen) atoms. The highest BCUT2D eigenvalue weighted by Gasteiger charge is 2.32. The number of hydrogen-bond acceptors (Lipinski definition) is 14. The van der Waals surface area contributed by atoms with Crippen molar-refractivity contribution in [1.29, 1.82) is 0 Å². The quantitative estimate of drug-likeness (QED) is 0.0482. The molecule has 0 amide bonds. The number of carboxylic acid groups (broad SMARTS) is 8. The Morgan fingerprint density at radius 1 is 0.405 bits per heavy atom. The number of hydrogen-bond donors (Lipinski definition) is 8. The molecule has 2 unspecified atom stereocenters. The Balaban J connectivity index is 6.17. The zero-order chi connectivity index (χ0) is 32.6. The molecule has 0 heterocycles. The molecule has 0 saturated carbocycles. The van der Waals surface area contributed by atoms with Crippen LogP contribution in [0.3, 0.4) is 0 Å². The van der Waals surface area contributed by atoms with Gasteiger partial charge in [0, 0.05) is 26.2 Å². The number of rotatable bonds is 24. The highest BCUT2D eigenvalue weighted by Crippen LogP contribution is 2.10. The number of carbonyl (C=O) groups is 8. The van der Waals surface area contributed by atoms with Crippen molar-refractivity contribution in [2.24, 2.45) is 10.2 Å². The summed E-state index contributed by atoms with van der Waals surface area (Å²) < 4.78 is 0.